The van der Waals surface area contributed by atoms with E-state index in [1.54, 1.807) is 38.4 Å². The van der Waals surface area contributed by atoms with Gasteiger partial charge in [-0.25, -0.2) is 16.8 Å². The standard InChI is InChI=1S/2C24H29F3N4O4S/c2*1-16-14-30(15-23(8-9-23)18-7-10-29-20(13-18)21(28)32)11-12-31(16)36(34,35)19-5-3-17(4-6-19)22(2,33)24(25,26)27/h2*3-7,10,13,16,33H,8-9,11-12,14-15H2,1-2H3,(H2,28,32)/t16-,22+;16-,22-/m11/s1. The van der Waals surface area contributed by atoms with Gasteiger partial charge in [0.25, 0.3) is 11.8 Å². The normalized spacial score (nSPS) is 22.7. The van der Waals surface area contributed by atoms with Crippen molar-refractivity contribution >= 4 is 31.9 Å². The Morgan fingerprint density at radius 3 is 1.18 bits per heavy atom. The van der Waals surface area contributed by atoms with E-state index in [-0.39, 0.29) is 57.2 Å². The molecule has 2 saturated heterocycles. The Kier molecular flexibility index (Phi) is 14.9. The number of hydrogen-bond acceptors (Lipinski definition) is 12. The van der Waals surface area contributed by atoms with Gasteiger partial charge in [0.15, 0.2) is 11.2 Å². The van der Waals surface area contributed by atoms with Crippen molar-refractivity contribution in [2.24, 2.45) is 11.5 Å². The monoisotopic (exact) mass is 1050 g/mol. The predicted molar refractivity (Wildman–Crippen MR) is 251 cm³/mol. The van der Waals surface area contributed by atoms with E-state index in [1.165, 1.54) is 8.61 Å². The van der Waals surface area contributed by atoms with Crippen molar-refractivity contribution in [1.29, 1.82) is 0 Å². The van der Waals surface area contributed by atoms with Crippen LogP contribution in [0, 0.1) is 0 Å². The molecule has 0 bridgehead atoms. The minimum atomic E-state index is -4.89. The van der Waals surface area contributed by atoms with E-state index >= 15 is 0 Å². The van der Waals surface area contributed by atoms with Gasteiger partial charge in [-0.1, -0.05) is 24.3 Å². The van der Waals surface area contributed by atoms with Crippen LogP contribution >= 0.6 is 0 Å². The zero-order valence-corrected chi connectivity index (χ0v) is 41.6. The Morgan fingerprint density at radius 1 is 0.597 bits per heavy atom. The Morgan fingerprint density at radius 2 is 0.917 bits per heavy atom. The van der Waals surface area contributed by atoms with Crippen LogP contribution < -0.4 is 11.5 Å². The molecule has 0 spiro atoms. The summed E-state index contributed by atoms with van der Waals surface area (Å²) in [5.41, 5.74) is 5.85. The molecule has 4 fully saturated rings. The first-order valence-corrected chi connectivity index (χ1v) is 26.0. The van der Waals surface area contributed by atoms with Gasteiger partial charge >= 0.3 is 12.4 Å². The zero-order chi connectivity index (χ0) is 53.0. The van der Waals surface area contributed by atoms with Gasteiger partial charge in [0.2, 0.25) is 20.0 Å². The molecule has 4 atom stereocenters. The van der Waals surface area contributed by atoms with Crippen LogP contribution in [0.2, 0.25) is 0 Å². The van der Waals surface area contributed by atoms with E-state index < -0.39 is 66.5 Å². The summed E-state index contributed by atoms with van der Waals surface area (Å²) in [5, 5.41) is 19.7. The highest BCUT2D eigenvalue weighted by Crippen LogP contribution is 2.50. The van der Waals surface area contributed by atoms with Gasteiger partial charge in [-0.3, -0.25) is 29.4 Å². The van der Waals surface area contributed by atoms with E-state index in [4.69, 9.17) is 11.5 Å². The van der Waals surface area contributed by atoms with Crippen molar-refractivity contribution < 1.29 is 63.0 Å². The van der Waals surface area contributed by atoms with Gasteiger partial charge in [0, 0.05) is 87.7 Å². The molecule has 16 nitrogen and oxygen atoms in total. The minimum absolute atomic E-state index is 0.126. The van der Waals surface area contributed by atoms with Crippen LogP contribution in [0.15, 0.2) is 95.0 Å². The highest BCUT2D eigenvalue weighted by molar-refractivity contribution is 7.89. The highest BCUT2D eigenvalue weighted by Gasteiger charge is 2.53. The first-order chi connectivity index (χ1) is 33.3. The number of nitrogens with two attached hydrogens (primary N) is 2. The Balaban J connectivity index is 0.000000211. The summed E-state index contributed by atoms with van der Waals surface area (Å²) in [6, 6.07) is 14.8. The number of amides is 2. The number of halogens is 6. The van der Waals surface area contributed by atoms with Crippen LogP contribution in [0.3, 0.4) is 0 Å². The summed E-state index contributed by atoms with van der Waals surface area (Å²) in [6.45, 7) is 8.65. The first kappa shape index (κ1) is 54.7. The maximum atomic E-state index is 13.3. The number of nitrogens with zero attached hydrogens (tertiary/aromatic N) is 6. The number of primary amides is 2. The van der Waals surface area contributed by atoms with E-state index in [1.807, 2.05) is 12.1 Å². The molecule has 0 radical (unpaired) electrons. The van der Waals surface area contributed by atoms with E-state index in [2.05, 4.69) is 19.8 Å². The summed E-state index contributed by atoms with van der Waals surface area (Å²) >= 11 is 0. The number of benzene rings is 2. The smallest absolute Gasteiger partial charge is 0.376 e. The molecule has 6 N–H and O–H groups in total. The van der Waals surface area contributed by atoms with Crippen molar-refractivity contribution in [3.8, 4) is 0 Å². The Labute approximate surface area is 414 Å². The molecule has 2 aromatic carbocycles. The second-order valence-corrected chi connectivity index (χ2v) is 23.5. The maximum absolute atomic E-state index is 13.3. The number of piperazine rings is 2. The molecule has 4 heterocycles. The Bertz CT molecular complexity index is 2680. The van der Waals surface area contributed by atoms with Gasteiger partial charge in [-0.05, 0) is 124 Å². The number of hydrogen-bond donors (Lipinski definition) is 4. The van der Waals surface area contributed by atoms with Crippen LogP contribution in [-0.2, 0) is 42.1 Å². The molecule has 4 aliphatic rings. The third kappa shape index (κ3) is 11.1. The van der Waals surface area contributed by atoms with Crippen molar-refractivity contribution in [2.45, 2.75) is 110 Å². The average molecular weight is 1050 g/mol. The van der Waals surface area contributed by atoms with Gasteiger partial charge in [0.1, 0.15) is 11.4 Å². The number of alkyl halides is 6. The van der Waals surface area contributed by atoms with Gasteiger partial charge < -0.3 is 21.7 Å². The molecule has 2 aromatic heterocycles. The number of rotatable bonds is 14. The van der Waals surface area contributed by atoms with E-state index in [0.717, 1.165) is 85.3 Å². The van der Waals surface area contributed by atoms with Crippen LogP contribution in [0.5, 0.6) is 0 Å². The highest BCUT2D eigenvalue weighted by atomic mass is 32.2. The molecule has 2 saturated carbocycles. The lowest BCUT2D eigenvalue weighted by molar-refractivity contribution is -0.259. The number of aromatic nitrogens is 2. The van der Waals surface area contributed by atoms with Crippen molar-refractivity contribution in [3.05, 3.63) is 119 Å². The molecular formula is C48H58F6N8O8S2. The molecule has 72 heavy (non-hydrogen) atoms. The zero-order valence-electron chi connectivity index (χ0n) is 40.0. The molecule has 8 rings (SSSR count). The molecule has 2 amide bonds. The summed E-state index contributed by atoms with van der Waals surface area (Å²) in [5.74, 6) is -1.18. The second-order valence-electron chi connectivity index (χ2n) is 19.7. The molecule has 2 aliphatic heterocycles. The second kappa shape index (κ2) is 19.6. The fourth-order valence-electron chi connectivity index (χ4n) is 9.56. The molecule has 392 valence electrons. The number of aliphatic hydroxyl groups is 2. The van der Waals surface area contributed by atoms with E-state index in [9.17, 15) is 63.0 Å². The summed E-state index contributed by atoms with van der Waals surface area (Å²) < 4.78 is 134. The lowest BCUT2D eigenvalue weighted by Gasteiger charge is -2.40. The fourth-order valence-corrected chi connectivity index (χ4v) is 12.8. The van der Waals surface area contributed by atoms with Crippen molar-refractivity contribution in [2.75, 3.05) is 52.4 Å². The van der Waals surface area contributed by atoms with Gasteiger partial charge in [-0.15, -0.1) is 0 Å². The Hall–Kier alpha value is -5.08. The average Bonchev–Trinajstić information content (AvgIpc) is 4.26. The molecule has 24 heteroatoms. The third-order valence-electron chi connectivity index (χ3n) is 14.5. The SMILES string of the molecule is C[C@@H]1CN(CC2(c3ccnc(C(N)=O)c3)CC2)CCN1S(=O)(=O)c1ccc([C@@](C)(O)C(F)(F)F)cc1.C[C@@H]1CN(CC2(c3ccnc(C(N)=O)c3)CC2)CCN1S(=O)(=O)c1ccc([C@](C)(O)C(F)(F)F)cc1. The number of sulfonamides is 2. The number of pyridine rings is 2. The molecule has 4 aromatic rings. The van der Waals surface area contributed by atoms with Crippen LogP contribution in [0.1, 0.15) is 96.6 Å². The largest absolute Gasteiger partial charge is 0.421 e. The first-order valence-electron chi connectivity index (χ1n) is 23.2. The quantitative estimate of drug-likeness (QED) is 0.125. The summed E-state index contributed by atoms with van der Waals surface area (Å²) in [6.07, 6.45) is -2.88. The summed E-state index contributed by atoms with van der Waals surface area (Å²) in [7, 11) is -7.89. The van der Waals surface area contributed by atoms with Crippen LogP contribution in [0.25, 0.3) is 0 Å². The van der Waals surface area contributed by atoms with Crippen LogP contribution in [0.4, 0.5) is 26.3 Å². The molecule has 0 unspecified atom stereocenters. The van der Waals surface area contributed by atoms with Gasteiger partial charge in [0.05, 0.1) is 9.79 Å². The predicted octanol–water partition coefficient (Wildman–Crippen LogP) is 4.75. The minimum Gasteiger partial charge on any atom is -0.376 e. The summed E-state index contributed by atoms with van der Waals surface area (Å²) in [4.78, 5) is 35.2. The number of carbonyl (C=O) groups excluding carboxylic acids is 2. The van der Waals surface area contributed by atoms with Gasteiger partial charge in [-0.2, -0.15) is 35.0 Å². The third-order valence-corrected chi connectivity index (χ3v) is 18.5. The maximum Gasteiger partial charge on any atom is 0.421 e. The van der Waals surface area contributed by atoms with E-state index in [0.29, 0.717) is 53.1 Å². The lowest BCUT2D eigenvalue weighted by Crippen LogP contribution is -2.55. The van der Waals surface area contributed by atoms with Crippen molar-refractivity contribution in [3.63, 3.8) is 0 Å². The number of carbonyl (C=O) groups is 2. The molecule has 2 aliphatic carbocycles. The molecular weight excluding hydrogens is 995 g/mol. The van der Waals surface area contributed by atoms with Crippen molar-refractivity contribution in [1.82, 2.24) is 28.4 Å². The topological polar surface area (TPSA) is 234 Å². The fraction of sp³-hybridized carbons (Fsp3) is 0.500. The lowest BCUT2D eigenvalue weighted by atomic mass is 9.95. The van der Waals surface area contributed by atoms with Crippen LogP contribution in [-0.4, -0.2) is 144 Å².